The van der Waals surface area contributed by atoms with E-state index in [1.807, 2.05) is 7.05 Å². The second kappa shape index (κ2) is 5.68. The lowest BCUT2D eigenvalue weighted by atomic mass is 10.1. The molecule has 1 heterocycles. The molecule has 1 N–H and O–H groups in total. The maximum absolute atomic E-state index is 4.80. The average Bonchev–Trinajstić information content (AvgIpc) is 3.29. The van der Waals surface area contributed by atoms with Crippen LogP contribution in [-0.4, -0.2) is 17.0 Å². The summed E-state index contributed by atoms with van der Waals surface area (Å²) in [5.41, 5.74) is 3.78. The van der Waals surface area contributed by atoms with Gasteiger partial charge < -0.3 is 5.32 Å². The zero-order valence-electron chi connectivity index (χ0n) is 13.0. The quantitative estimate of drug-likeness (QED) is 0.845. The molecular weight excluding hydrogens is 278 g/mol. The van der Waals surface area contributed by atoms with Crippen molar-refractivity contribution in [3.63, 3.8) is 0 Å². The van der Waals surface area contributed by atoms with Crippen LogP contribution in [0, 0.1) is 20.8 Å². The van der Waals surface area contributed by atoms with Crippen molar-refractivity contribution in [1.82, 2.24) is 9.97 Å². The number of anilines is 1. The summed E-state index contributed by atoms with van der Waals surface area (Å²) in [6.07, 6.45) is 2.44. The molecule has 1 saturated carbocycles. The summed E-state index contributed by atoms with van der Waals surface area (Å²) in [6.45, 7) is 6.39. The van der Waals surface area contributed by atoms with Gasteiger partial charge in [-0.3, -0.25) is 0 Å². The fourth-order valence-corrected chi connectivity index (χ4v) is 3.25. The van der Waals surface area contributed by atoms with Crippen molar-refractivity contribution in [2.75, 3.05) is 12.4 Å². The number of nitrogens with one attached hydrogen (secondary N) is 1. The molecule has 0 atom stereocenters. The van der Waals surface area contributed by atoms with Crippen molar-refractivity contribution in [3.8, 4) is 0 Å². The predicted octanol–water partition coefficient (Wildman–Crippen LogP) is 4.47. The van der Waals surface area contributed by atoms with Crippen LogP contribution in [0.5, 0.6) is 0 Å². The molecule has 3 nitrogen and oxygen atoms in total. The van der Waals surface area contributed by atoms with Crippen molar-refractivity contribution in [1.29, 1.82) is 0 Å². The van der Waals surface area contributed by atoms with Crippen molar-refractivity contribution < 1.29 is 0 Å². The van der Waals surface area contributed by atoms with Crippen LogP contribution >= 0.6 is 11.8 Å². The molecule has 1 aromatic heterocycles. The molecule has 3 rings (SSSR count). The number of nitrogens with zero attached hydrogens (tertiary/aromatic N) is 2. The summed E-state index contributed by atoms with van der Waals surface area (Å²) in [5.74, 6) is 2.52. The van der Waals surface area contributed by atoms with Crippen LogP contribution in [0.1, 0.15) is 41.3 Å². The van der Waals surface area contributed by atoms with Crippen molar-refractivity contribution in [2.24, 2.45) is 0 Å². The van der Waals surface area contributed by atoms with Crippen LogP contribution in [0.3, 0.4) is 0 Å². The third-order valence-corrected chi connectivity index (χ3v) is 5.07. The third kappa shape index (κ3) is 3.05. The minimum absolute atomic E-state index is 0.566. The highest BCUT2D eigenvalue weighted by atomic mass is 32.2. The second-order valence-corrected chi connectivity index (χ2v) is 6.80. The molecule has 0 spiro atoms. The monoisotopic (exact) mass is 299 g/mol. The maximum Gasteiger partial charge on any atom is 0.135 e. The van der Waals surface area contributed by atoms with E-state index in [-0.39, 0.29) is 0 Å². The molecular formula is C17H21N3S. The first-order valence-corrected chi connectivity index (χ1v) is 8.21. The first-order chi connectivity index (χ1) is 10.1. The predicted molar refractivity (Wildman–Crippen MR) is 88.3 cm³/mol. The molecule has 0 saturated heterocycles. The number of aryl methyl sites for hydroxylation is 2. The lowest BCUT2D eigenvalue weighted by Gasteiger charge is -2.12. The van der Waals surface area contributed by atoms with Crippen LogP contribution in [0.2, 0.25) is 0 Å². The van der Waals surface area contributed by atoms with Crippen molar-refractivity contribution >= 4 is 17.6 Å². The van der Waals surface area contributed by atoms with Gasteiger partial charge in [0, 0.05) is 23.4 Å². The summed E-state index contributed by atoms with van der Waals surface area (Å²) in [5, 5.41) is 4.27. The highest BCUT2D eigenvalue weighted by Gasteiger charge is 2.28. The van der Waals surface area contributed by atoms with E-state index in [2.05, 4.69) is 49.3 Å². The Morgan fingerprint density at radius 3 is 2.48 bits per heavy atom. The summed E-state index contributed by atoms with van der Waals surface area (Å²) < 4.78 is 0. The van der Waals surface area contributed by atoms with Gasteiger partial charge in [0.1, 0.15) is 16.7 Å². The summed E-state index contributed by atoms with van der Waals surface area (Å²) in [7, 11) is 1.93. The minimum Gasteiger partial charge on any atom is -0.373 e. The van der Waals surface area contributed by atoms with Gasteiger partial charge in [0.2, 0.25) is 0 Å². The molecule has 0 radical (unpaired) electrons. The van der Waals surface area contributed by atoms with Gasteiger partial charge in [-0.05, 0) is 56.9 Å². The third-order valence-electron chi connectivity index (χ3n) is 3.99. The topological polar surface area (TPSA) is 37.8 Å². The van der Waals surface area contributed by atoms with Gasteiger partial charge in [-0.25, -0.2) is 9.97 Å². The molecule has 110 valence electrons. The molecule has 0 unspecified atom stereocenters. The maximum atomic E-state index is 4.80. The molecule has 0 amide bonds. The lowest BCUT2D eigenvalue weighted by Crippen LogP contribution is -2.04. The fraction of sp³-hybridized carbons (Fsp3) is 0.412. The Balaban J connectivity index is 1.96. The van der Waals surface area contributed by atoms with Crippen LogP contribution in [-0.2, 0) is 0 Å². The van der Waals surface area contributed by atoms with E-state index in [1.165, 1.54) is 28.9 Å². The van der Waals surface area contributed by atoms with Crippen molar-refractivity contribution in [2.45, 2.75) is 49.5 Å². The largest absolute Gasteiger partial charge is 0.373 e. The fourth-order valence-electron chi connectivity index (χ4n) is 2.27. The molecule has 21 heavy (non-hydrogen) atoms. The number of rotatable bonds is 4. The van der Waals surface area contributed by atoms with E-state index >= 15 is 0 Å². The van der Waals surface area contributed by atoms with Gasteiger partial charge in [0.25, 0.3) is 0 Å². The number of benzene rings is 1. The Labute approximate surface area is 130 Å². The van der Waals surface area contributed by atoms with E-state index in [1.54, 1.807) is 11.8 Å². The number of hydrogen-bond acceptors (Lipinski definition) is 4. The molecule has 1 aromatic carbocycles. The van der Waals surface area contributed by atoms with E-state index in [4.69, 9.17) is 4.98 Å². The molecule has 0 bridgehead atoms. The zero-order chi connectivity index (χ0) is 15.0. The first-order valence-electron chi connectivity index (χ1n) is 7.40. The van der Waals surface area contributed by atoms with Gasteiger partial charge >= 0.3 is 0 Å². The summed E-state index contributed by atoms with van der Waals surface area (Å²) >= 11 is 1.73. The Hall–Kier alpha value is -1.55. The van der Waals surface area contributed by atoms with Gasteiger partial charge in [0.05, 0.1) is 0 Å². The van der Waals surface area contributed by atoms with Gasteiger partial charge in [-0.15, -0.1) is 0 Å². The highest BCUT2D eigenvalue weighted by molar-refractivity contribution is 7.99. The Kier molecular flexibility index (Phi) is 3.89. The number of aromatic nitrogens is 2. The summed E-state index contributed by atoms with van der Waals surface area (Å²) in [4.78, 5) is 10.7. The van der Waals surface area contributed by atoms with Crippen LogP contribution in [0.4, 0.5) is 5.82 Å². The van der Waals surface area contributed by atoms with E-state index in [0.717, 1.165) is 22.2 Å². The normalized spacial score (nSPS) is 14.3. The van der Waals surface area contributed by atoms with Crippen LogP contribution in [0.15, 0.2) is 28.1 Å². The SMILES string of the molecule is CNc1nc(C2CC2)nc(Sc2ccc(C)c(C)c2)c1C. The first kappa shape index (κ1) is 14.4. The second-order valence-electron chi connectivity index (χ2n) is 5.73. The van der Waals surface area contributed by atoms with Gasteiger partial charge in [-0.1, -0.05) is 17.8 Å². The molecule has 1 aliphatic carbocycles. The standard InChI is InChI=1S/C17H21N3S/c1-10-5-8-14(9-11(10)2)21-17-12(3)15(18-4)19-16(20-17)13-6-7-13/h5,8-9,13H,6-7H2,1-4H3,(H,18,19,20). The molecule has 0 aliphatic heterocycles. The smallest absolute Gasteiger partial charge is 0.135 e. The van der Waals surface area contributed by atoms with Crippen LogP contribution in [0.25, 0.3) is 0 Å². The zero-order valence-corrected chi connectivity index (χ0v) is 13.8. The van der Waals surface area contributed by atoms with E-state index < -0.39 is 0 Å². The van der Waals surface area contributed by atoms with E-state index in [0.29, 0.717) is 5.92 Å². The minimum atomic E-state index is 0.566. The molecule has 2 aromatic rings. The Bertz CT molecular complexity index is 678. The summed E-state index contributed by atoms with van der Waals surface area (Å²) in [6, 6.07) is 6.58. The molecule has 4 heteroatoms. The average molecular weight is 299 g/mol. The molecule has 1 aliphatic rings. The van der Waals surface area contributed by atoms with Crippen LogP contribution < -0.4 is 5.32 Å². The Morgan fingerprint density at radius 1 is 1.10 bits per heavy atom. The lowest BCUT2D eigenvalue weighted by molar-refractivity contribution is 0.865. The Morgan fingerprint density at radius 2 is 1.86 bits per heavy atom. The van der Waals surface area contributed by atoms with Gasteiger partial charge in [-0.2, -0.15) is 0 Å². The van der Waals surface area contributed by atoms with Crippen molar-refractivity contribution in [3.05, 3.63) is 40.7 Å². The molecule has 1 fully saturated rings. The van der Waals surface area contributed by atoms with E-state index in [9.17, 15) is 0 Å². The number of hydrogen-bond donors (Lipinski definition) is 1. The van der Waals surface area contributed by atoms with Gasteiger partial charge in [0.15, 0.2) is 0 Å². The highest BCUT2D eigenvalue weighted by Crippen LogP contribution is 2.41.